The number of amides is 1. The van der Waals surface area contributed by atoms with Crippen molar-refractivity contribution < 1.29 is 4.79 Å². The first-order valence-electron chi connectivity index (χ1n) is 7.78. The summed E-state index contributed by atoms with van der Waals surface area (Å²) < 4.78 is 1.65. The molecular formula is C17H20N6O. The van der Waals surface area contributed by atoms with Crippen molar-refractivity contribution in [1.82, 2.24) is 24.6 Å². The molecule has 0 unspecified atom stereocenters. The van der Waals surface area contributed by atoms with Gasteiger partial charge in [0.15, 0.2) is 5.82 Å². The van der Waals surface area contributed by atoms with Crippen LogP contribution < -0.4 is 5.32 Å². The van der Waals surface area contributed by atoms with E-state index in [9.17, 15) is 4.79 Å². The molecule has 0 spiro atoms. The Labute approximate surface area is 140 Å². The minimum atomic E-state index is -0.169. The molecule has 7 nitrogen and oxygen atoms in total. The van der Waals surface area contributed by atoms with Crippen LogP contribution in [0.15, 0.2) is 12.1 Å². The van der Waals surface area contributed by atoms with Crippen LogP contribution in [0, 0.1) is 34.6 Å². The maximum absolute atomic E-state index is 12.4. The molecule has 3 aromatic rings. The van der Waals surface area contributed by atoms with Gasteiger partial charge in [-0.25, -0.2) is 9.50 Å². The van der Waals surface area contributed by atoms with Gasteiger partial charge in [0, 0.05) is 17.1 Å². The summed E-state index contributed by atoms with van der Waals surface area (Å²) in [4.78, 5) is 25.4. The van der Waals surface area contributed by atoms with Crippen LogP contribution in [0.4, 0.5) is 5.69 Å². The molecule has 0 atom stereocenters. The Morgan fingerprint density at radius 2 is 1.75 bits per heavy atom. The number of carbonyl (C=O) groups excluding carboxylic acids is 1. The molecule has 0 saturated heterocycles. The molecule has 24 heavy (non-hydrogen) atoms. The Morgan fingerprint density at radius 1 is 1.04 bits per heavy atom. The van der Waals surface area contributed by atoms with Gasteiger partial charge in [0.1, 0.15) is 0 Å². The summed E-state index contributed by atoms with van der Waals surface area (Å²) in [7, 11) is 0. The molecule has 1 amide bonds. The molecule has 0 saturated carbocycles. The van der Waals surface area contributed by atoms with Crippen LogP contribution in [0.1, 0.15) is 34.2 Å². The smallest absolute Gasteiger partial charge is 0.252 e. The summed E-state index contributed by atoms with van der Waals surface area (Å²) in [6.45, 7) is 9.61. The molecule has 0 aliphatic heterocycles. The zero-order valence-electron chi connectivity index (χ0n) is 14.5. The van der Waals surface area contributed by atoms with E-state index in [4.69, 9.17) is 0 Å². The summed E-state index contributed by atoms with van der Waals surface area (Å²) in [5.41, 5.74) is 5.29. The monoisotopic (exact) mass is 324 g/mol. The van der Waals surface area contributed by atoms with E-state index in [0.717, 1.165) is 34.0 Å². The zero-order chi connectivity index (χ0) is 17.4. The van der Waals surface area contributed by atoms with Crippen molar-refractivity contribution in [3.63, 3.8) is 0 Å². The van der Waals surface area contributed by atoms with E-state index in [-0.39, 0.29) is 12.3 Å². The number of hydrogen-bond donors (Lipinski definition) is 1. The number of anilines is 1. The van der Waals surface area contributed by atoms with Gasteiger partial charge in [-0.3, -0.25) is 9.78 Å². The second-order valence-electron chi connectivity index (χ2n) is 6.04. The molecule has 3 heterocycles. The molecule has 3 rings (SSSR count). The third-order valence-electron chi connectivity index (χ3n) is 3.77. The van der Waals surface area contributed by atoms with Crippen molar-refractivity contribution in [2.75, 3.05) is 5.32 Å². The van der Waals surface area contributed by atoms with Crippen molar-refractivity contribution in [1.29, 1.82) is 0 Å². The lowest BCUT2D eigenvalue weighted by Gasteiger charge is -2.11. The standard InChI is InChI=1S/C17H20N6O/c1-9-6-10(2)18-13(5)16(9)21-15(24)8-14-20-17-19-11(3)7-12(4)23(17)22-14/h6-7H,8H2,1-5H3,(H,21,24). The van der Waals surface area contributed by atoms with E-state index in [1.807, 2.05) is 46.8 Å². The fourth-order valence-corrected chi connectivity index (χ4v) is 2.82. The third kappa shape index (κ3) is 3.10. The number of fused-ring (bicyclic) bond motifs is 1. The minimum Gasteiger partial charge on any atom is -0.324 e. The maximum Gasteiger partial charge on any atom is 0.252 e. The highest BCUT2D eigenvalue weighted by atomic mass is 16.1. The van der Waals surface area contributed by atoms with Crippen LogP contribution >= 0.6 is 0 Å². The molecule has 1 N–H and O–H groups in total. The third-order valence-corrected chi connectivity index (χ3v) is 3.77. The van der Waals surface area contributed by atoms with Gasteiger partial charge in [0.2, 0.25) is 5.91 Å². The molecular weight excluding hydrogens is 304 g/mol. The van der Waals surface area contributed by atoms with Crippen LogP contribution in [0.25, 0.3) is 5.78 Å². The van der Waals surface area contributed by atoms with E-state index in [0.29, 0.717) is 11.6 Å². The second-order valence-corrected chi connectivity index (χ2v) is 6.04. The van der Waals surface area contributed by atoms with Gasteiger partial charge in [-0.15, -0.1) is 5.10 Å². The van der Waals surface area contributed by atoms with Crippen molar-refractivity contribution >= 4 is 17.4 Å². The van der Waals surface area contributed by atoms with Crippen LogP contribution in [-0.2, 0) is 11.2 Å². The average Bonchev–Trinajstić information content (AvgIpc) is 2.85. The maximum atomic E-state index is 12.4. The number of hydrogen-bond acceptors (Lipinski definition) is 5. The predicted octanol–water partition coefficient (Wildman–Crippen LogP) is 2.24. The molecule has 3 aromatic heterocycles. The van der Waals surface area contributed by atoms with Gasteiger partial charge in [0.25, 0.3) is 5.78 Å². The van der Waals surface area contributed by atoms with Gasteiger partial charge < -0.3 is 5.32 Å². The normalized spacial score (nSPS) is 11.0. The highest BCUT2D eigenvalue weighted by Crippen LogP contribution is 2.19. The molecule has 0 fully saturated rings. The fourth-order valence-electron chi connectivity index (χ4n) is 2.82. The first kappa shape index (κ1) is 16.0. The largest absolute Gasteiger partial charge is 0.324 e. The zero-order valence-corrected chi connectivity index (χ0v) is 14.5. The first-order chi connectivity index (χ1) is 11.3. The Bertz CT molecular complexity index is 921. The Hall–Kier alpha value is -2.83. The topological polar surface area (TPSA) is 85.1 Å². The highest BCUT2D eigenvalue weighted by Gasteiger charge is 2.14. The Morgan fingerprint density at radius 3 is 2.46 bits per heavy atom. The lowest BCUT2D eigenvalue weighted by Crippen LogP contribution is -2.17. The quantitative estimate of drug-likeness (QED) is 0.798. The van der Waals surface area contributed by atoms with Gasteiger partial charge >= 0.3 is 0 Å². The fraction of sp³-hybridized carbons (Fsp3) is 0.353. The number of pyridine rings is 1. The SMILES string of the molecule is Cc1cc(C)c(NC(=O)Cc2nc3nc(C)cc(C)n3n2)c(C)n1. The lowest BCUT2D eigenvalue weighted by molar-refractivity contribution is -0.115. The molecule has 0 aromatic carbocycles. The minimum absolute atomic E-state index is 0.0919. The molecule has 0 bridgehead atoms. The van der Waals surface area contributed by atoms with Crippen LogP contribution in [0.3, 0.4) is 0 Å². The average molecular weight is 324 g/mol. The number of aromatic nitrogens is 5. The Balaban J connectivity index is 1.82. The second kappa shape index (κ2) is 5.99. The van der Waals surface area contributed by atoms with Crippen LogP contribution in [0.5, 0.6) is 0 Å². The van der Waals surface area contributed by atoms with E-state index < -0.39 is 0 Å². The summed E-state index contributed by atoms with van der Waals surface area (Å²) in [5, 5.41) is 7.27. The van der Waals surface area contributed by atoms with E-state index in [1.54, 1.807) is 4.52 Å². The number of carbonyl (C=O) groups is 1. The summed E-state index contributed by atoms with van der Waals surface area (Å²) in [5.74, 6) is 0.792. The van der Waals surface area contributed by atoms with Gasteiger partial charge in [-0.1, -0.05) is 0 Å². The van der Waals surface area contributed by atoms with Crippen molar-refractivity contribution in [3.8, 4) is 0 Å². The van der Waals surface area contributed by atoms with Gasteiger partial charge in [0.05, 0.1) is 17.8 Å². The van der Waals surface area contributed by atoms with Crippen molar-refractivity contribution in [2.45, 2.75) is 41.0 Å². The number of nitrogens with one attached hydrogen (secondary N) is 1. The lowest BCUT2D eigenvalue weighted by atomic mass is 10.1. The number of nitrogens with zero attached hydrogens (tertiary/aromatic N) is 5. The van der Waals surface area contributed by atoms with Crippen LogP contribution in [-0.4, -0.2) is 30.5 Å². The molecule has 0 radical (unpaired) electrons. The first-order valence-corrected chi connectivity index (χ1v) is 7.78. The highest BCUT2D eigenvalue weighted by molar-refractivity contribution is 5.93. The van der Waals surface area contributed by atoms with Gasteiger partial charge in [-0.05, 0) is 52.3 Å². The summed E-state index contributed by atoms with van der Waals surface area (Å²) in [6, 6.07) is 3.87. The molecule has 7 heteroatoms. The number of rotatable bonds is 3. The predicted molar refractivity (Wildman–Crippen MR) is 91.0 cm³/mol. The van der Waals surface area contributed by atoms with Gasteiger partial charge in [-0.2, -0.15) is 4.98 Å². The number of aryl methyl sites for hydroxylation is 5. The summed E-state index contributed by atoms with van der Waals surface area (Å²) >= 11 is 0. The summed E-state index contributed by atoms with van der Waals surface area (Å²) in [6.07, 6.45) is 0.0919. The van der Waals surface area contributed by atoms with Crippen LogP contribution in [0.2, 0.25) is 0 Å². The van der Waals surface area contributed by atoms with Crippen molar-refractivity contribution in [3.05, 3.63) is 46.3 Å². The van der Waals surface area contributed by atoms with E-state index in [1.165, 1.54) is 0 Å². The molecule has 124 valence electrons. The van der Waals surface area contributed by atoms with E-state index >= 15 is 0 Å². The molecule has 0 aliphatic carbocycles. The van der Waals surface area contributed by atoms with Crippen molar-refractivity contribution in [2.24, 2.45) is 0 Å². The molecule has 0 aliphatic rings. The van der Waals surface area contributed by atoms with E-state index in [2.05, 4.69) is 25.4 Å². The Kier molecular flexibility index (Phi) is 4.01.